The average molecular weight is 230 g/mol. The van der Waals surface area contributed by atoms with Crippen LogP contribution in [0.4, 0.5) is 0 Å². The minimum absolute atomic E-state index is 0.113. The van der Waals surface area contributed by atoms with Gasteiger partial charge in [-0.3, -0.25) is 0 Å². The third-order valence-corrected chi connectivity index (χ3v) is 2.81. The van der Waals surface area contributed by atoms with Crippen LogP contribution in [0, 0.1) is 0 Å². The lowest BCUT2D eigenvalue weighted by Gasteiger charge is -2.00. The van der Waals surface area contributed by atoms with E-state index in [2.05, 4.69) is 4.72 Å². The normalized spacial score (nSPS) is 13.1. The SMILES string of the molecule is CS(=O)(=O)NCCCCS(N)(=O)=O. The first-order valence-corrected chi connectivity index (χ1v) is 7.26. The number of sulfonamides is 2. The number of nitrogens with two attached hydrogens (primary N) is 1. The number of hydrogen-bond donors (Lipinski definition) is 2. The second kappa shape index (κ2) is 4.89. The third-order valence-electron chi connectivity index (χ3n) is 1.22. The van der Waals surface area contributed by atoms with E-state index in [1.165, 1.54) is 0 Å². The fraction of sp³-hybridized carbons (Fsp3) is 1.00. The van der Waals surface area contributed by atoms with Crippen LogP contribution in [-0.2, 0) is 20.0 Å². The monoisotopic (exact) mass is 230 g/mol. The molecule has 8 heteroatoms. The van der Waals surface area contributed by atoms with Gasteiger partial charge in [0.05, 0.1) is 12.0 Å². The van der Waals surface area contributed by atoms with Crippen LogP contribution in [-0.4, -0.2) is 35.4 Å². The van der Waals surface area contributed by atoms with Gasteiger partial charge in [-0.05, 0) is 12.8 Å². The zero-order valence-corrected chi connectivity index (χ0v) is 8.99. The van der Waals surface area contributed by atoms with Crippen molar-refractivity contribution in [2.75, 3.05) is 18.6 Å². The van der Waals surface area contributed by atoms with Crippen LogP contribution in [0.2, 0.25) is 0 Å². The summed E-state index contributed by atoms with van der Waals surface area (Å²) in [6, 6.07) is 0. The molecule has 0 aliphatic rings. The molecule has 13 heavy (non-hydrogen) atoms. The van der Waals surface area contributed by atoms with Crippen molar-refractivity contribution in [3.8, 4) is 0 Å². The largest absolute Gasteiger partial charge is 0.229 e. The second-order valence-corrected chi connectivity index (χ2v) is 6.31. The molecule has 0 bridgehead atoms. The molecule has 0 aromatic rings. The summed E-state index contributed by atoms with van der Waals surface area (Å²) in [5.74, 6) is -0.113. The van der Waals surface area contributed by atoms with Gasteiger partial charge in [-0.2, -0.15) is 0 Å². The van der Waals surface area contributed by atoms with Crippen molar-refractivity contribution in [1.29, 1.82) is 0 Å². The first-order chi connectivity index (χ1) is 5.71. The van der Waals surface area contributed by atoms with Crippen molar-refractivity contribution in [3.05, 3.63) is 0 Å². The Hall–Kier alpha value is -0.180. The molecule has 0 aromatic carbocycles. The van der Waals surface area contributed by atoms with Crippen molar-refractivity contribution in [2.24, 2.45) is 5.14 Å². The standard InChI is InChI=1S/C5H14N2O4S2/c1-12(8,9)7-4-2-3-5-13(6,10)11/h7H,2-5H2,1H3,(H2,6,10,11). The number of rotatable bonds is 6. The molecule has 0 aliphatic heterocycles. The maximum Gasteiger partial charge on any atom is 0.209 e. The van der Waals surface area contributed by atoms with Gasteiger partial charge in [0.1, 0.15) is 0 Å². The summed E-state index contributed by atoms with van der Waals surface area (Å²) in [5, 5.41) is 4.74. The summed E-state index contributed by atoms with van der Waals surface area (Å²) in [5.41, 5.74) is 0. The minimum atomic E-state index is -3.42. The van der Waals surface area contributed by atoms with Crippen LogP contribution in [0.15, 0.2) is 0 Å². The van der Waals surface area contributed by atoms with E-state index < -0.39 is 20.0 Å². The van der Waals surface area contributed by atoms with Gasteiger partial charge in [-0.15, -0.1) is 0 Å². The summed E-state index contributed by atoms with van der Waals surface area (Å²) in [6.07, 6.45) is 1.87. The second-order valence-electron chi connectivity index (χ2n) is 2.74. The van der Waals surface area contributed by atoms with Gasteiger partial charge in [-0.1, -0.05) is 0 Å². The number of hydrogen-bond acceptors (Lipinski definition) is 4. The number of nitrogens with one attached hydrogen (secondary N) is 1. The van der Waals surface area contributed by atoms with E-state index in [4.69, 9.17) is 5.14 Å². The van der Waals surface area contributed by atoms with Crippen molar-refractivity contribution in [1.82, 2.24) is 4.72 Å². The first kappa shape index (κ1) is 12.8. The smallest absolute Gasteiger partial charge is 0.209 e. The maximum atomic E-state index is 10.5. The fourth-order valence-electron chi connectivity index (χ4n) is 0.686. The fourth-order valence-corrected chi connectivity index (χ4v) is 1.81. The number of unbranched alkanes of at least 4 members (excludes halogenated alkanes) is 1. The van der Waals surface area contributed by atoms with Crippen molar-refractivity contribution in [2.45, 2.75) is 12.8 Å². The van der Waals surface area contributed by atoms with E-state index in [9.17, 15) is 16.8 Å². The molecule has 0 unspecified atom stereocenters. The average Bonchev–Trinajstić information content (AvgIpc) is 1.81. The van der Waals surface area contributed by atoms with Gasteiger partial charge in [0.2, 0.25) is 20.0 Å². The summed E-state index contributed by atoms with van der Waals surface area (Å²) < 4.78 is 44.2. The molecule has 0 radical (unpaired) electrons. The highest BCUT2D eigenvalue weighted by atomic mass is 32.2. The Morgan fingerprint density at radius 1 is 1.15 bits per heavy atom. The minimum Gasteiger partial charge on any atom is -0.229 e. The highest BCUT2D eigenvalue weighted by Crippen LogP contribution is 1.91. The molecule has 0 aromatic heterocycles. The van der Waals surface area contributed by atoms with Gasteiger partial charge < -0.3 is 0 Å². The van der Waals surface area contributed by atoms with E-state index >= 15 is 0 Å². The highest BCUT2D eigenvalue weighted by molar-refractivity contribution is 7.89. The molecule has 0 saturated heterocycles. The predicted octanol–water partition coefficient (Wildman–Crippen LogP) is -1.40. The molecule has 0 rings (SSSR count). The van der Waals surface area contributed by atoms with Crippen LogP contribution < -0.4 is 9.86 Å². The van der Waals surface area contributed by atoms with E-state index in [1.54, 1.807) is 0 Å². The molecule has 3 N–H and O–H groups in total. The Morgan fingerprint density at radius 2 is 1.69 bits per heavy atom. The molecule has 0 saturated carbocycles. The first-order valence-electron chi connectivity index (χ1n) is 3.66. The van der Waals surface area contributed by atoms with Crippen molar-refractivity contribution >= 4 is 20.0 Å². The van der Waals surface area contributed by atoms with E-state index in [1.807, 2.05) is 0 Å². The van der Waals surface area contributed by atoms with Crippen molar-refractivity contribution in [3.63, 3.8) is 0 Å². The van der Waals surface area contributed by atoms with Crippen LogP contribution in [0.3, 0.4) is 0 Å². The predicted molar refractivity (Wildman–Crippen MR) is 50.1 cm³/mol. The zero-order chi connectivity index (χ0) is 10.5. The van der Waals surface area contributed by atoms with Crippen LogP contribution >= 0.6 is 0 Å². The Kier molecular flexibility index (Phi) is 4.82. The topological polar surface area (TPSA) is 106 Å². The Balaban J connectivity index is 3.50. The van der Waals surface area contributed by atoms with Crippen molar-refractivity contribution < 1.29 is 16.8 Å². The summed E-state index contributed by atoms with van der Waals surface area (Å²) >= 11 is 0. The summed E-state index contributed by atoms with van der Waals surface area (Å²) in [6.45, 7) is 0.244. The lowest BCUT2D eigenvalue weighted by molar-refractivity contribution is 0.582. The quantitative estimate of drug-likeness (QED) is 0.547. The lowest BCUT2D eigenvalue weighted by Crippen LogP contribution is -2.24. The molecule has 80 valence electrons. The summed E-state index contributed by atoms with van der Waals surface area (Å²) in [7, 11) is -6.59. The lowest BCUT2D eigenvalue weighted by atomic mass is 10.3. The third kappa shape index (κ3) is 11.8. The Morgan fingerprint density at radius 3 is 2.08 bits per heavy atom. The molecule has 0 atom stereocenters. The molecule has 0 aliphatic carbocycles. The summed E-state index contributed by atoms with van der Waals surface area (Å²) in [4.78, 5) is 0. The van der Waals surface area contributed by atoms with Gasteiger partial charge >= 0.3 is 0 Å². The Bertz CT molecular complexity index is 298. The van der Waals surface area contributed by atoms with E-state index in [0.29, 0.717) is 12.8 Å². The van der Waals surface area contributed by atoms with Gasteiger partial charge in [-0.25, -0.2) is 26.7 Å². The molecule has 6 nitrogen and oxygen atoms in total. The van der Waals surface area contributed by atoms with Gasteiger partial charge in [0, 0.05) is 6.54 Å². The van der Waals surface area contributed by atoms with Crippen LogP contribution in [0.25, 0.3) is 0 Å². The Labute approximate surface area is 78.6 Å². The molecule has 0 fully saturated rings. The molecular formula is C5H14N2O4S2. The van der Waals surface area contributed by atoms with Gasteiger partial charge in [0.15, 0.2) is 0 Å². The van der Waals surface area contributed by atoms with E-state index in [0.717, 1.165) is 6.26 Å². The van der Waals surface area contributed by atoms with Gasteiger partial charge in [0.25, 0.3) is 0 Å². The molecule has 0 spiro atoms. The van der Waals surface area contributed by atoms with E-state index in [-0.39, 0.29) is 12.3 Å². The molecular weight excluding hydrogens is 216 g/mol. The zero-order valence-electron chi connectivity index (χ0n) is 7.36. The van der Waals surface area contributed by atoms with Crippen LogP contribution in [0.1, 0.15) is 12.8 Å². The maximum absolute atomic E-state index is 10.5. The molecule has 0 amide bonds. The number of primary sulfonamides is 1. The highest BCUT2D eigenvalue weighted by Gasteiger charge is 2.03. The van der Waals surface area contributed by atoms with Crippen LogP contribution in [0.5, 0.6) is 0 Å². The molecule has 0 heterocycles.